The van der Waals surface area contributed by atoms with E-state index in [1.165, 1.54) is 42.5 Å². The van der Waals surface area contributed by atoms with E-state index in [0.717, 1.165) is 17.2 Å². The first-order chi connectivity index (χ1) is 21.5. The molecule has 46 heavy (non-hydrogen) atoms. The molecule has 0 saturated carbocycles. The van der Waals surface area contributed by atoms with E-state index in [0.29, 0.717) is 25.9 Å². The van der Waals surface area contributed by atoms with Gasteiger partial charge in [-0.3, -0.25) is 4.90 Å². The fourth-order valence-electron chi connectivity index (χ4n) is 6.03. The molecule has 1 unspecified atom stereocenters. The van der Waals surface area contributed by atoms with Gasteiger partial charge in [0.2, 0.25) is 17.9 Å². The minimum absolute atomic E-state index is 0.00413. The van der Waals surface area contributed by atoms with Crippen molar-refractivity contribution in [1.29, 1.82) is 0 Å². The number of hydrogen-bond donors (Lipinski definition) is 3. The molecule has 2 aromatic carbocycles. The molecular weight excluding hydrogens is 655 g/mol. The van der Waals surface area contributed by atoms with Crippen molar-refractivity contribution in [2.45, 2.75) is 42.5 Å². The van der Waals surface area contributed by atoms with Crippen LogP contribution in [0, 0.1) is 5.41 Å². The van der Waals surface area contributed by atoms with Crippen molar-refractivity contribution < 1.29 is 46.1 Å². The summed E-state index contributed by atoms with van der Waals surface area (Å²) in [5.41, 5.74) is 5.13. The lowest BCUT2D eigenvalue weighted by Gasteiger charge is -2.39. The molecule has 0 bridgehead atoms. The molecule has 3 aromatic rings. The number of nitrogens with zero attached hydrogens (tertiary/aromatic N) is 4. The maximum atomic E-state index is 14.6. The summed E-state index contributed by atoms with van der Waals surface area (Å²) in [7, 11) is -3.67. The molecule has 1 spiro atoms. The van der Waals surface area contributed by atoms with Crippen molar-refractivity contribution in [3.63, 3.8) is 0 Å². The highest BCUT2D eigenvalue weighted by atomic mass is 35.5. The lowest BCUT2D eigenvalue weighted by atomic mass is 9.76. The fraction of sp³-hybridized carbons (Fsp3) is 0.379. The second kappa shape index (κ2) is 12.1. The van der Waals surface area contributed by atoms with E-state index in [4.69, 9.17) is 22.1 Å². The van der Waals surface area contributed by atoms with Crippen LogP contribution in [0.1, 0.15) is 30.9 Å². The standard InChI is InChI=1S/C29H29ClF3N5O7S/c1-46(43,44)18-4-2-3-16(11-18)20-12-17(30)5-6-19(20)24(29(31,32)33)45-23-13-22(35-26(34)36-23)37-9-7-28(8-10-37)14-21(25(39)40)38(15-28)27(41)42/h2-6,11-13,21,24H,7-10,14-15H2,1H3,(H,39,40)(H,41,42)(H2,34,35,36)/t21?,24-/m1/s1. The molecule has 2 aliphatic rings. The Morgan fingerprint density at radius 3 is 2.39 bits per heavy atom. The van der Waals surface area contributed by atoms with E-state index in [-0.39, 0.29) is 51.3 Å². The van der Waals surface area contributed by atoms with E-state index < -0.39 is 51.5 Å². The Balaban J connectivity index is 1.43. The number of nitrogen functional groups attached to an aromatic ring is 1. The number of halogens is 4. The Kier molecular flexibility index (Phi) is 8.72. The fourth-order valence-corrected chi connectivity index (χ4v) is 6.87. The summed E-state index contributed by atoms with van der Waals surface area (Å²) in [6.07, 6.45) is -6.90. The molecule has 3 heterocycles. The molecular formula is C29H29ClF3N5O7S. The molecule has 2 aliphatic heterocycles. The number of nitrogens with two attached hydrogens (primary N) is 1. The van der Waals surface area contributed by atoms with Crippen LogP contribution >= 0.6 is 11.6 Å². The van der Waals surface area contributed by atoms with E-state index in [1.54, 1.807) is 4.90 Å². The number of anilines is 2. The lowest BCUT2D eigenvalue weighted by molar-refractivity contribution is -0.198. The van der Waals surface area contributed by atoms with Gasteiger partial charge in [-0.05, 0) is 60.1 Å². The van der Waals surface area contributed by atoms with Crippen molar-refractivity contribution in [3.05, 3.63) is 59.1 Å². The molecule has 12 nitrogen and oxygen atoms in total. The first-order valence-corrected chi connectivity index (χ1v) is 16.2. The Labute approximate surface area is 266 Å². The molecule has 2 saturated heterocycles. The summed E-state index contributed by atoms with van der Waals surface area (Å²) < 4.78 is 73.6. The third-order valence-corrected chi connectivity index (χ3v) is 9.65. The number of benzene rings is 2. The Bertz CT molecular complexity index is 1760. The van der Waals surface area contributed by atoms with E-state index >= 15 is 0 Å². The van der Waals surface area contributed by atoms with Crippen molar-refractivity contribution >= 4 is 45.3 Å². The topological polar surface area (TPSA) is 176 Å². The molecule has 0 aliphatic carbocycles. The SMILES string of the molecule is CS(=O)(=O)c1cccc(-c2cc(Cl)ccc2[C@@H](Oc2cc(N3CCC4(CC3)CC(C(=O)O)N(C(=O)O)C4)nc(N)n2)C(F)(F)F)c1. The summed E-state index contributed by atoms with van der Waals surface area (Å²) >= 11 is 6.15. The van der Waals surface area contributed by atoms with Gasteiger partial charge in [0.15, 0.2) is 9.84 Å². The maximum Gasteiger partial charge on any atom is 0.429 e. The average molecular weight is 684 g/mol. The zero-order valence-corrected chi connectivity index (χ0v) is 25.8. The van der Waals surface area contributed by atoms with E-state index in [9.17, 15) is 41.4 Å². The van der Waals surface area contributed by atoms with E-state index in [1.807, 2.05) is 0 Å². The van der Waals surface area contributed by atoms with Gasteiger partial charge in [0.25, 0.3) is 0 Å². The van der Waals surface area contributed by atoms with Gasteiger partial charge in [-0.25, -0.2) is 18.0 Å². The summed E-state index contributed by atoms with van der Waals surface area (Å²) in [6.45, 7) is 0.657. The summed E-state index contributed by atoms with van der Waals surface area (Å²) in [5, 5.41) is 19.1. The molecule has 4 N–H and O–H groups in total. The predicted octanol–water partition coefficient (Wildman–Crippen LogP) is 4.89. The molecule has 2 atom stereocenters. The van der Waals surface area contributed by atoms with Crippen LogP contribution in [0.5, 0.6) is 5.88 Å². The second-order valence-corrected chi connectivity index (χ2v) is 13.9. The number of carboxylic acids is 1. The number of carbonyl (C=O) groups is 2. The highest BCUT2D eigenvalue weighted by molar-refractivity contribution is 7.90. The molecule has 1 aromatic heterocycles. The number of rotatable bonds is 7. The van der Waals surface area contributed by atoms with Crippen LogP contribution in [0.25, 0.3) is 11.1 Å². The normalized spacial score (nSPS) is 18.8. The number of aromatic nitrogens is 2. The summed E-state index contributed by atoms with van der Waals surface area (Å²) in [4.78, 5) is 33.9. The number of alkyl halides is 3. The number of sulfone groups is 1. The van der Waals surface area contributed by atoms with Gasteiger partial charge in [-0.2, -0.15) is 23.1 Å². The number of hydrogen-bond acceptors (Lipinski definition) is 9. The predicted molar refractivity (Wildman–Crippen MR) is 161 cm³/mol. The zero-order valence-electron chi connectivity index (χ0n) is 24.2. The number of amides is 1. The first-order valence-electron chi connectivity index (χ1n) is 13.9. The van der Waals surface area contributed by atoms with Gasteiger partial charge < -0.3 is 25.6 Å². The van der Waals surface area contributed by atoms with Gasteiger partial charge >= 0.3 is 18.2 Å². The smallest absolute Gasteiger partial charge is 0.429 e. The molecule has 5 rings (SSSR count). The van der Waals surface area contributed by atoms with Crippen molar-refractivity contribution in [2.24, 2.45) is 5.41 Å². The minimum Gasteiger partial charge on any atom is -0.480 e. The first kappa shape index (κ1) is 33.1. The van der Waals surface area contributed by atoms with E-state index in [2.05, 4.69) is 9.97 Å². The van der Waals surface area contributed by atoms with Crippen LogP contribution in [-0.2, 0) is 14.6 Å². The highest BCUT2D eigenvalue weighted by Crippen LogP contribution is 2.45. The summed E-state index contributed by atoms with van der Waals surface area (Å²) in [6, 6.07) is 9.18. The Morgan fingerprint density at radius 2 is 1.80 bits per heavy atom. The van der Waals surface area contributed by atoms with Crippen LogP contribution in [-0.4, -0.2) is 83.7 Å². The largest absolute Gasteiger partial charge is 0.480 e. The van der Waals surface area contributed by atoms with Gasteiger partial charge in [0, 0.05) is 42.5 Å². The minimum atomic E-state index is -4.96. The van der Waals surface area contributed by atoms with Crippen molar-refractivity contribution in [3.8, 4) is 17.0 Å². The third-order valence-electron chi connectivity index (χ3n) is 8.30. The van der Waals surface area contributed by atoms with Gasteiger partial charge in [-0.1, -0.05) is 29.8 Å². The molecule has 2 fully saturated rings. The van der Waals surface area contributed by atoms with Gasteiger partial charge in [0.05, 0.1) is 4.90 Å². The van der Waals surface area contributed by atoms with Crippen molar-refractivity contribution in [1.82, 2.24) is 14.9 Å². The number of carboxylic acid groups (broad SMARTS) is 2. The molecule has 17 heteroatoms. The van der Waals surface area contributed by atoms with Crippen LogP contribution in [0.3, 0.4) is 0 Å². The number of aliphatic carboxylic acids is 1. The van der Waals surface area contributed by atoms with Crippen LogP contribution in [0.4, 0.5) is 29.7 Å². The average Bonchev–Trinajstić information content (AvgIpc) is 3.35. The maximum absolute atomic E-state index is 14.6. The summed E-state index contributed by atoms with van der Waals surface area (Å²) in [5.74, 6) is -1.87. The number of piperidine rings is 1. The monoisotopic (exact) mass is 683 g/mol. The molecule has 1 amide bonds. The third kappa shape index (κ3) is 6.92. The molecule has 246 valence electrons. The lowest BCUT2D eigenvalue weighted by Crippen LogP contribution is -2.43. The Hall–Kier alpha value is -4.31. The van der Waals surface area contributed by atoms with Crippen LogP contribution in [0.2, 0.25) is 5.02 Å². The van der Waals surface area contributed by atoms with Crippen molar-refractivity contribution in [2.75, 3.05) is 36.5 Å². The Morgan fingerprint density at radius 1 is 1.11 bits per heavy atom. The number of ether oxygens (including phenoxy) is 1. The van der Waals surface area contributed by atoms with Gasteiger partial charge in [-0.15, -0.1) is 0 Å². The zero-order chi connectivity index (χ0) is 33.6. The molecule has 0 radical (unpaired) electrons. The van der Waals surface area contributed by atoms with Gasteiger partial charge in [0.1, 0.15) is 11.9 Å². The van der Waals surface area contributed by atoms with Crippen LogP contribution in [0.15, 0.2) is 53.4 Å². The second-order valence-electron chi connectivity index (χ2n) is 11.4. The number of likely N-dealkylation sites (tertiary alicyclic amines) is 1. The highest BCUT2D eigenvalue weighted by Gasteiger charge is 2.50. The van der Waals surface area contributed by atoms with Crippen LogP contribution < -0.4 is 15.4 Å². The quantitative estimate of drug-likeness (QED) is 0.309.